The lowest BCUT2D eigenvalue weighted by Gasteiger charge is -2.10. The fourth-order valence-corrected chi connectivity index (χ4v) is 3.05. The van der Waals surface area contributed by atoms with Gasteiger partial charge in [0, 0.05) is 43.9 Å². The highest BCUT2D eigenvalue weighted by Gasteiger charge is 2.12. The van der Waals surface area contributed by atoms with E-state index in [4.69, 9.17) is 9.47 Å². The average Bonchev–Trinajstić information content (AvgIpc) is 3.05. The lowest BCUT2D eigenvalue weighted by Crippen LogP contribution is -2.25. The van der Waals surface area contributed by atoms with Gasteiger partial charge in [-0.05, 0) is 19.4 Å². The van der Waals surface area contributed by atoms with Gasteiger partial charge in [-0.2, -0.15) is 5.10 Å². The maximum Gasteiger partial charge on any atom is 0.261 e. The molecule has 1 amide bonds. The molecule has 2 aromatic heterocycles. The minimum Gasteiger partial charge on any atom is -0.493 e. The Hall–Kier alpha value is -3.36. The number of benzene rings is 1. The highest BCUT2D eigenvalue weighted by molar-refractivity contribution is 5.81. The number of hydrogen-bond acceptors (Lipinski definition) is 6. The van der Waals surface area contributed by atoms with Crippen molar-refractivity contribution in [3.8, 4) is 11.5 Å². The number of nitrogens with zero attached hydrogens (tertiary/aromatic N) is 4. The van der Waals surface area contributed by atoms with Crippen molar-refractivity contribution >= 4 is 16.8 Å². The van der Waals surface area contributed by atoms with E-state index in [1.54, 1.807) is 23.0 Å². The lowest BCUT2D eigenvalue weighted by molar-refractivity contribution is -0.121. The normalized spacial score (nSPS) is 10.9. The highest BCUT2D eigenvalue weighted by Crippen LogP contribution is 2.29. The lowest BCUT2D eigenvalue weighted by atomic mass is 10.2. The summed E-state index contributed by atoms with van der Waals surface area (Å²) in [7, 11) is 4.91. The Morgan fingerprint density at radius 1 is 1.21 bits per heavy atom. The molecule has 0 aliphatic carbocycles. The predicted molar refractivity (Wildman–Crippen MR) is 108 cm³/mol. The van der Waals surface area contributed by atoms with Gasteiger partial charge in [0.1, 0.15) is 0 Å². The molecule has 0 atom stereocenters. The smallest absolute Gasteiger partial charge is 0.261 e. The van der Waals surface area contributed by atoms with Crippen LogP contribution in [0.4, 0.5) is 0 Å². The molecule has 1 aromatic carbocycles. The van der Waals surface area contributed by atoms with Gasteiger partial charge in [-0.25, -0.2) is 4.98 Å². The van der Waals surface area contributed by atoms with Crippen LogP contribution in [-0.4, -0.2) is 39.5 Å². The highest BCUT2D eigenvalue weighted by atomic mass is 16.5. The fourth-order valence-electron chi connectivity index (χ4n) is 3.05. The summed E-state index contributed by atoms with van der Waals surface area (Å²) in [5.41, 5.74) is 2.36. The number of methoxy groups -OCH3 is 2. The van der Waals surface area contributed by atoms with Crippen LogP contribution in [0.5, 0.6) is 11.5 Å². The first-order valence-electron chi connectivity index (χ1n) is 9.30. The fraction of sp³-hybridized carbons (Fsp3) is 0.400. The molecule has 1 N–H and O–H groups in total. The number of fused-ring (bicyclic) bond motifs is 1. The third kappa shape index (κ3) is 4.39. The summed E-state index contributed by atoms with van der Waals surface area (Å²) in [5, 5.41) is 7.49. The molecule has 3 aromatic rings. The van der Waals surface area contributed by atoms with E-state index in [0.29, 0.717) is 48.3 Å². The Balaban J connectivity index is 1.61. The first kappa shape index (κ1) is 20.4. The Kier molecular flexibility index (Phi) is 6.16. The summed E-state index contributed by atoms with van der Waals surface area (Å²) in [4.78, 5) is 29.2. The summed E-state index contributed by atoms with van der Waals surface area (Å²) in [6, 6.07) is 3.30. The molecule has 0 unspecified atom stereocenters. The van der Waals surface area contributed by atoms with Crippen molar-refractivity contribution in [3.05, 3.63) is 46.3 Å². The zero-order valence-corrected chi connectivity index (χ0v) is 17.1. The van der Waals surface area contributed by atoms with Crippen LogP contribution in [0.25, 0.3) is 10.9 Å². The number of rotatable bonds is 8. The van der Waals surface area contributed by atoms with E-state index in [1.165, 1.54) is 25.1 Å². The second-order valence-corrected chi connectivity index (χ2v) is 6.73. The van der Waals surface area contributed by atoms with Gasteiger partial charge in [0.15, 0.2) is 11.5 Å². The molecular weight excluding hydrogens is 374 g/mol. The van der Waals surface area contributed by atoms with Crippen LogP contribution in [0.2, 0.25) is 0 Å². The Morgan fingerprint density at radius 3 is 2.59 bits per heavy atom. The van der Waals surface area contributed by atoms with Gasteiger partial charge in [-0.1, -0.05) is 0 Å². The molecule has 0 saturated carbocycles. The largest absolute Gasteiger partial charge is 0.493 e. The second kappa shape index (κ2) is 8.76. The maximum absolute atomic E-state index is 12.7. The van der Waals surface area contributed by atoms with Gasteiger partial charge in [-0.15, -0.1) is 0 Å². The average molecular weight is 399 g/mol. The second-order valence-electron chi connectivity index (χ2n) is 6.73. The summed E-state index contributed by atoms with van der Waals surface area (Å²) in [6.45, 7) is 2.80. The predicted octanol–water partition coefficient (Wildman–Crippen LogP) is 1.55. The van der Waals surface area contributed by atoms with E-state index in [1.807, 2.05) is 14.0 Å². The van der Waals surface area contributed by atoms with Crippen molar-refractivity contribution < 1.29 is 14.3 Å². The molecule has 3 rings (SSSR count). The molecule has 29 heavy (non-hydrogen) atoms. The van der Waals surface area contributed by atoms with Crippen LogP contribution < -0.4 is 20.3 Å². The standard InChI is InChI=1S/C20H25N5O4/c1-13-14(11-23-24(13)2)10-21-19(26)6-5-7-25-12-22-16-9-18(29-4)17(28-3)8-15(16)20(25)27/h8-9,11-12H,5-7,10H2,1-4H3,(H,21,26). The molecule has 0 saturated heterocycles. The van der Waals surface area contributed by atoms with Gasteiger partial charge >= 0.3 is 0 Å². The number of aromatic nitrogens is 4. The van der Waals surface area contributed by atoms with Crippen LogP contribution in [0, 0.1) is 6.92 Å². The molecule has 9 nitrogen and oxygen atoms in total. The summed E-state index contributed by atoms with van der Waals surface area (Å²) in [6.07, 6.45) is 4.08. The Morgan fingerprint density at radius 2 is 1.93 bits per heavy atom. The first-order valence-corrected chi connectivity index (χ1v) is 9.30. The third-order valence-corrected chi connectivity index (χ3v) is 4.95. The molecule has 0 fully saturated rings. The van der Waals surface area contributed by atoms with Crippen molar-refractivity contribution in [1.29, 1.82) is 0 Å². The molecule has 9 heteroatoms. The molecule has 154 valence electrons. The van der Waals surface area contributed by atoms with Crippen LogP contribution in [-0.2, 0) is 24.9 Å². The topological polar surface area (TPSA) is 100 Å². The summed E-state index contributed by atoms with van der Waals surface area (Å²) < 4.78 is 13.8. The van der Waals surface area contributed by atoms with Gasteiger partial charge in [-0.3, -0.25) is 18.8 Å². The Labute approximate surface area is 168 Å². The quantitative estimate of drug-likeness (QED) is 0.617. The zero-order chi connectivity index (χ0) is 21.0. The zero-order valence-electron chi connectivity index (χ0n) is 17.1. The van der Waals surface area contributed by atoms with Crippen LogP contribution in [0.3, 0.4) is 0 Å². The summed E-state index contributed by atoms with van der Waals surface area (Å²) in [5.74, 6) is 0.924. The first-order chi connectivity index (χ1) is 13.9. The number of aryl methyl sites for hydroxylation is 2. The van der Waals surface area contributed by atoms with Crippen molar-refractivity contribution in [2.45, 2.75) is 32.9 Å². The van der Waals surface area contributed by atoms with Crippen molar-refractivity contribution in [1.82, 2.24) is 24.6 Å². The van der Waals surface area contributed by atoms with Crippen LogP contribution in [0.1, 0.15) is 24.1 Å². The van der Waals surface area contributed by atoms with Crippen LogP contribution >= 0.6 is 0 Å². The monoisotopic (exact) mass is 399 g/mol. The number of ether oxygens (including phenoxy) is 2. The minimum absolute atomic E-state index is 0.0681. The molecule has 0 spiro atoms. The molecule has 0 bridgehead atoms. The van der Waals surface area contributed by atoms with E-state index < -0.39 is 0 Å². The molecule has 0 aliphatic rings. The molecule has 0 aliphatic heterocycles. The SMILES string of the molecule is COc1cc2ncn(CCCC(=O)NCc3cnn(C)c3C)c(=O)c2cc1OC. The van der Waals surface area contributed by atoms with E-state index in [0.717, 1.165) is 11.3 Å². The maximum atomic E-state index is 12.7. The number of hydrogen-bond donors (Lipinski definition) is 1. The van der Waals surface area contributed by atoms with E-state index in [9.17, 15) is 9.59 Å². The van der Waals surface area contributed by atoms with Gasteiger partial charge in [0.25, 0.3) is 5.56 Å². The van der Waals surface area contributed by atoms with Crippen LogP contribution in [0.15, 0.2) is 29.5 Å². The number of nitrogens with one attached hydrogen (secondary N) is 1. The number of carbonyl (C=O) groups is 1. The van der Waals surface area contributed by atoms with Gasteiger partial charge in [0.05, 0.1) is 37.6 Å². The van der Waals surface area contributed by atoms with Gasteiger partial charge < -0.3 is 14.8 Å². The van der Waals surface area contributed by atoms with Crippen molar-refractivity contribution in [2.24, 2.45) is 7.05 Å². The summed E-state index contributed by atoms with van der Waals surface area (Å²) >= 11 is 0. The van der Waals surface area contributed by atoms with Crippen molar-refractivity contribution in [3.63, 3.8) is 0 Å². The van der Waals surface area contributed by atoms with Gasteiger partial charge in [0.2, 0.25) is 5.91 Å². The molecule has 2 heterocycles. The Bertz CT molecular complexity index is 1090. The molecule has 0 radical (unpaired) electrons. The number of carbonyl (C=O) groups excluding carboxylic acids is 1. The van der Waals surface area contributed by atoms with E-state index in [2.05, 4.69) is 15.4 Å². The van der Waals surface area contributed by atoms with E-state index in [-0.39, 0.29) is 11.5 Å². The number of amides is 1. The van der Waals surface area contributed by atoms with Crippen molar-refractivity contribution in [2.75, 3.05) is 14.2 Å². The minimum atomic E-state index is -0.178. The van der Waals surface area contributed by atoms with E-state index >= 15 is 0 Å². The third-order valence-electron chi connectivity index (χ3n) is 4.95. The molecular formula is C20H25N5O4.